The van der Waals surface area contributed by atoms with Gasteiger partial charge in [-0.15, -0.1) is 11.3 Å². The quantitative estimate of drug-likeness (QED) is 0.239. The van der Waals surface area contributed by atoms with Crippen molar-refractivity contribution in [1.29, 1.82) is 0 Å². The number of methoxy groups -OCH3 is 1. The molecule has 3 aromatic heterocycles. The third-order valence-corrected chi connectivity index (χ3v) is 7.50. The van der Waals surface area contributed by atoms with Gasteiger partial charge in [0, 0.05) is 29.4 Å². The molecular formula is C27H36N6OS. The van der Waals surface area contributed by atoms with Crippen molar-refractivity contribution in [2.75, 3.05) is 33.3 Å². The van der Waals surface area contributed by atoms with Gasteiger partial charge in [-0.25, -0.2) is 15.0 Å². The maximum Gasteiger partial charge on any atom is 0.224 e. The van der Waals surface area contributed by atoms with E-state index in [1.807, 2.05) is 29.8 Å². The molecule has 0 radical (unpaired) electrons. The molecule has 186 valence electrons. The normalized spacial score (nSPS) is 18.3. The summed E-state index contributed by atoms with van der Waals surface area (Å²) in [6.45, 7) is 11.7. The first kappa shape index (κ1) is 25.3. The molecule has 1 fully saturated rings. The summed E-state index contributed by atoms with van der Waals surface area (Å²) in [4.78, 5) is 13.5. The van der Waals surface area contributed by atoms with Crippen LogP contribution in [0.4, 0.5) is 0 Å². The SMILES string of the molecule is C=C/C=C(\C=C)CCNCCCNC[C@@H]1CC[C@H](n2cc(-c3nc(OC)cs3)c3cncnc32)C1. The highest BCUT2D eigenvalue weighted by Crippen LogP contribution is 2.40. The number of rotatable bonds is 14. The molecule has 0 aliphatic heterocycles. The Hall–Kier alpha value is -2.81. The minimum atomic E-state index is 0.458. The van der Waals surface area contributed by atoms with E-state index < -0.39 is 0 Å². The van der Waals surface area contributed by atoms with Crippen LogP contribution in [0.5, 0.6) is 5.88 Å². The first-order valence-corrected chi connectivity index (χ1v) is 13.3. The Morgan fingerprint density at radius 1 is 1.26 bits per heavy atom. The second kappa shape index (κ2) is 12.8. The second-order valence-electron chi connectivity index (χ2n) is 8.98. The maximum atomic E-state index is 5.29. The molecule has 0 bridgehead atoms. The van der Waals surface area contributed by atoms with Crippen LogP contribution in [0.1, 0.15) is 38.1 Å². The maximum absolute atomic E-state index is 5.29. The van der Waals surface area contributed by atoms with Gasteiger partial charge in [0.05, 0.1) is 12.5 Å². The fourth-order valence-electron chi connectivity index (χ4n) is 4.81. The molecule has 2 N–H and O–H groups in total. The number of nitrogens with zero attached hydrogens (tertiary/aromatic N) is 4. The molecule has 7 nitrogen and oxygen atoms in total. The Bertz CT molecular complexity index is 1150. The first-order chi connectivity index (χ1) is 17.2. The van der Waals surface area contributed by atoms with E-state index in [4.69, 9.17) is 4.74 Å². The molecule has 0 saturated heterocycles. The van der Waals surface area contributed by atoms with Crippen LogP contribution >= 0.6 is 11.3 Å². The van der Waals surface area contributed by atoms with E-state index >= 15 is 0 Å². The van der Waals surface area contributed by atoms with Crippen molar-refractivity contribution in [3.05, 3.63) is 61.1 Å². The minimum absolute atomic E-state index is 0.458. The van der Waals surface area contributed by atoms with Crippen molar-refractivity contribution in [3.8, 4) is 16.5 Å². The highest BCUT2D eigenvalue weighted by atomic mass is 32.1. The zero-order valence-electron chi connectivity index (χ0n) is 20.6. The molecule has 8 heteroatoms. The average Bonchev–Trinajstić information content (AvgIpc) is 3.63. The number of hydrogen-bond donors (Lipinski definition) is 2. The van der Waals surface area contributed by atoms with Gasteiger partial charge in [-0.1, -0.05) is 31.4 Å². The number of nitrogens with one attached hydrogen (secondary N) is 2. The highest BCUT2D eigenvalue weighted by molar-refractivity contribution is 7.13. The molecule has 0 unspecified atom stereocenters. The van der Waals surface area contributed by atoms with Crippen LogP contribution in [0.15, 0.2) is 61.1 Å². The summed E-state index contributed by atoms with van der Waals surface area (Å²) in [6, 6.07) is 0.458. The van der Waals surface area contributed by atoms with Crippen LogP contribution in [-0.2, 0) is 0 Å². The second-order valence-corrected chi connectivity index (χ2v) is 9.84. The van der Waals surface area contributed by atoms with E-state index in [-0.39, 0.29) is 0 Å². The Kier molecular flexibility index (Phi) is 9.22. The van der Waals surface area contributed by atoms with Crippen LogP contribution in [-0.4, -0.2) is 52.8 Å². The van der Waals surface area contributed by atoms with Gasteiger partial charge in [-0.2, -0.15) is 0 Å². The largest absolute Gasteiger partial charge is 0.480 e. The van der Waals surface area contributed by atoms with E-state index in [0.717, 1.165) is 60.6 Å². The first-order valence-electron chi connectivity index (χ1n) is 12.4. The average molecular weight is 493 g/mol. The molecule has 2 atom stereocenters. The molecule has 3 heterocycles. The van der Waals surface area contributed by atoms with Gasteiger partial charge in [0.1, 0.15) is 17.0 Å². The van der Waals surface area contributed by atoms with Crippen LogP contribution in [0.25, 0.3) is 21.6 Å². The van der Waals surface area contributed by atoms with E-state index in [1.165, 1.54) is 24.8 Å². The predicted octanol–water partition coefficient (Wildman–Crippen LogP) is 5.16. The molecule has 3 aromatic rings. The monoisotopic (exact) mass is 492 g/mol. The molecule has 0 spiro atoms. The van der Waals surface area contributed by atoms with Gasteiger partial charge in [-0.05, 0) is 69.8 Å². The highest BCUT2D eigenvalue weighted by Gasteiger charge is 2.28. The topological polar surface area (TPSA) is 76.9 Å². The van der Waals surface area contributed by atoms with Crippen LogP contribution < -0.4 is 15.4 Å². The van der Waals surface area contributed by atoms with Gasteiger partial charge >= 0.3 is 0 Å². The minimum Gasteiger partial charge on any atom is -0.480 e. The third-order valence-electron chi connectivity index (χ3n) is 6.65. The van der Waals surface area contributed by atoms with Crippen molar-refractivity contribution >= 4 is 22.4 Å². The molecule has 1 aliphatic rings. The summed E-state index contributed by atoms with van der Waals surface area (Å²) in [6.07, 6.45) is 17.2. The molecular weight excluding hydrogens is 456 g/mol. The van der Waals surface area contributed by atoms with Crippen molar-refractivity contribution < 1.29 is 4.74 Å². The van der Waals surface area contributed by atoms with E-state index in [9.17, 15) is 0 Å². The lowest BCUT2D eigenvalue weighted by Gasteiger charge is -2.15. The molecule has 35 heavy (non-hydrogen) atoms. The van der Waals surface area contributed by atoms with Gasteiger partial charge < -0.3 is 19.9 Å². The Morgan fingerprint density at radius 3 is 2.94 bits per heavy atom. The van der Waals surface area contributed by atoms with E-state index in [2.05, 4.69) is 49.5 Å². The lowest BCUT2D eigenvalue weighted by molar-refractivity contribution is 0.401. The Labute approximate surface area is 212 Å². The van der Waals surface area contributed by atoms with E-state index in [0.29, 0.717) is 17.8 Å². The Balaban J connectivity index is 1.24. The predicted molar refractivity (Wildman–Crippen MR) is 145 cm³/mol. The summed E-state index contributed by atoms with van der Waals surface area (Å²) < 4.78 is 7.64. The van der Waals surface area contributed by atoms with Crippen molar-refractivity contribution in [2.45, 2.75) is 38.1 Å². The summed E-state index contributed by atoms with van der Waals surface area (Å²) in [5, 5.41) is 11.1. The van der Waals surface area contributed by atoms with Crippen LogP contribution in [0, 0.1) is 5.92 Å². The summed E-state index contributed by atoms with van der Waals surface area (Å²) in [5.41, 5.74) is 3.31. The summed E-state index contributed by atoms with van der Waals surface area (Å²) >= 11 is 1.59. The van der Waals surface area contributed by atoms with Crippen molar-refractivity contribution in [2.24, 2.45) is 5.92 Å². The standard InChI is InChI=1S/C27H36N6OS/c1-4-7-20(5-2)10-13-28-11-6-12-29-15-21-8-9-22(14-21)33-17-24(23-16-30-19-31-26(23)33)27-32-25(34-3)18-35-27/h4-5,7,16-19,21-22,28-29H,1-2,6,8-15H2,3H3/b20-7+/t21-,22+/m1/s1. The summed E-state index contributed by atoms with van der Waals surface area (Å²) in [5.74, 6) is 1.34. The van der Waals surface area contributed by atoms with Crippen LogP contribution in [0.3, 0.4) is 0 Å². The van der Waals surface area contributed by atoms with Gasteiger partial charge in [0.2, 0.25) is 5.88 Å². The van der Waals surface area contributed by atoms with Crippen molar-refractivity contribution in [3.63, 3.8) is 0 Å². The molecule has 0 aromatic carbocycles. The van der Waals surface area contributed by atoms with Gasteiger partial charge in [0.25, 0.3) is 0 Å². The zero-order valence-corrected chi connectivity index (χ0v) is 21.4. The lowest BCUT2D eigenvalue weighted by atomic mass is 10.1. The third kappa shape index (κ3) is 6.45. The molecule has 1 aliphatic carbocycles. The van der Waals surface area contributed by atoms with Gasteiger partial charge in [0.15, 0.2) is 0 Å². The number of ether oxygens (including phenoxy) is 1. The summed E-state index contributed by atoms with van der Waals surface area (Å²) in [7, 11) is 1.65. The number of thiazole rings is 1. The van der Waals surface area contributed by atoms with Crippen LogP contribution in [0.2, 0.25) is 0 Å². The van der Waals surface area contributed by atoms with E-state index in [1.54, 1.807) is 24.8 Å². The zero-order chi connectivity index (χ0) is 24.5. The molecule has 1 saturated carbocycles. The lowest BCUT2D eigenvalue weighted by Crippen LogP contribution is -2.26. The molecule has 4 rings (SSSR count). The number of allylic oxidation sites excluding steroid dienone is 3. The fraction of sp³-hybridized carbons (Fsp3) is 0.444. The van der Waals surface area contributed by atoms with Crippen molar-refractivity contribution in [1.82, 2.24) is 30.2 Å². The molecule has 0 amide bonds. The Morgan fingerprint density at radius 2 is 2.14 bits per heavy atom. The fourth-order valence-corrected chi connectivity index (χ4v) is 5.60. The number of hydrogen-bond acceptors (Lipinski definition) is 7. The number of fused-ring (bicyclic) bond motifs is 1. The smallest absolute Gasteiger partial charge is 0.224 e. The number of aromatic nitrogens is 4. The van der Waals surface area contributed by atoms with Gasteiger partial charge in [-0.3, -0.25) is 0 Å².